The van der Waals surface area contributed by atoms with Gasteiger partial charge in [-0.2, -0.15) is 0 Å². The summed E-state index contributed by atoms with van der Waals surface area (Å²) in [7, 11) is 4.33. The number of rotatable bonds is 1. The number of hydrogen-bond donors (Lipinski definition) is 0. The number of likely N-dealkylation sites (tertiary alicyclic amines) is 1. The second kappa shape index (κ2) is 3.82. The minimum atomic E-state index is 0.490. The predicted octanol–water partition coefficient (Wildman–Crippen LogP) is 0.490. The third kappa shape index (κ3) is 1.55. The first-order valence-corrected chi connectivity index (χ1v) is 6.06. The van der Waals surface area contributed by atoms with Crippen LogP contribution in [-0.2, 0) is 13.1 Å². The molecule has 1 fully saturated rings. The van der Waals surface area contributed by atoms with E-state index in [4.69, 9.17) is 0 Å². The van der Waals surface area contributed by atoms with E-state index in [0.717, 1.165) is 25.5 Å². The molecular weight excluding hydrogens is 202 g/mol. The standard InChI is InChI=1S/C11H19N5/c1-14-6-7-16-10(8-14)12-13-11(16)9-4-3-5-15(9)2/h9H,3-8H2,1-2H3. The fourth-order valence-corrected chi connectivity index (χ4v) is 2.78. The lowest BCUT2D eigenvalue weighted by Gasteiger charge is -2.26. The van der Waals surface area contributed by atoms with Crippen LogP contribution in [0.15, 0.2) is 0 Å². The summed E-state index contributed by atoms with van der Waals surface area (Å²) < 4.78 is 2.33. The largest absolute Gasteiger partial charge is 0.311 e. The molecule has 3 heterocycles. The Morgan fingerprint density at radius 1 is 1.12 bits per heavy atom. The van der Waals surface area contributed by atoms with Gasteiger partial charge in [0.15, 0.2) is 0 Å². The molecule has 5 heteroatoms. The molecule has 88 valence electrons. The van der Waals surface area contributed by atoms with Gasteiger partial charge < -0.3 is 4.57 Å². The van der Waals surface area contributed by atoms with Gasteiger partial charge in [-0.15, -0.1) is 10.2 Å². The second-order valence-corrected chi connectivity index (χ2v) is 5.00. The maximum Gasteiger partial charge on any atom is 0.150 e. The van der Waals surface area contributed by atoms with Gasteiger partial charge >= 0.3 is 0 Å². The number of likely N-dealkylation sites (N-methyl/N-ethyl adjacent to an activating group) is 1. The van der Waals surface area contributed by atoms with Crippen molar-refractivity contribution in [1.82, 2.24) is 24.6 Å². The van der Waals surface area contributed by atoms with Crippen molar-refractivity contribution in [2.45, 2.75) is 32.0 Å². The molecule has 5 nitrogen and oxygen atoms in total. The lowest BCUT2D eigenvalue weighted by atomic mass is 10.2. The van der Waals surface area contributed by atoms with E-state index < -0.39 is 0 Å². The second-order valence-electron chi connectivity index (χ2n) is 5.00. The summed E-state index contributed by atoms with van der Waals surface area (Å²) in [5.74, 6) is 2.31. The molecule has 1 aromatic heterocycles. The van der Waals surface area contributed by atoms with Crippen LogP contribution in [0.2, 0.25) is 0 Å². The smallest absolute Gasteiger partial charge is 0.150 e. The van der Waals surface area contributed by atoms with E-state index >= 15 is 0 Å². The maximum atomic E-state index is 4.41. The van der Waals surface area contributed by atoms with E-state index in [1.165, 1.54) is 25.2 Å². The van der Waals surface area contributed by atoms with E-state index in [2.05, 4.69) is 38.7 Å². The lowest BCUT2D eigenvalue weighted by Crippen LogP contribution is -2.32. The molecule has 1 atom stereocenters. The van der Waals surface area contributed by atoms with Crippen molar-refractivity contribution in [3.8, 4) is 0 Å². The van der Waals surface area contributed by atoms with Crippen molar-refractivity contribution in [3.05, 3.63) is 11.6 Å². The molecule has 2 aliphatic rings. The Kier molecular flexibility index (Phi) is 2.44. The highest BCUT2D eigenvalue weighted by molar-refractivity contribution is 5.05. The van der Waals surface area contributed by atoms with E-state index in [-0.39, 0.29) is 0 Å². The Labute approximate surface area is 96.1 Å². The van der Waals surface area contributed by atoms with E-state index in [1.54, 1.807) is 0 Å². The molecule has 1 saturated heterocycles. The van der Waals surface area contributed by atoms with Gasteiger partial charge in [0.25, 0.3) is 0 Å². The quantitative estimate of drug-likeness (QED) is 0.691. The Balaban J connectivity index is 1.91. The summed E-state index contributed by atoms with van der Waals surface area (Å²) in [6.07, 6.45) is 2.51. The third-order valence-corrected chi connectivity index (χ3v) is 3.79. The molecular formula is C11H19N5. The molecule has 2 aliphatic heterocycles. The van der Waals surface area contributed by atoms with Crippen LogP contribution in [0.25, 0.3) is 0 Å². The summed E-state index contributed by atoms with van der Waals surface area (Å²) in [6, 6.07) is 0.490. The van der Waals surface area contributed by atoms with Crippen LogP contribution in [-0.4, -0.2) is 51.7 Å². The molecule has 1 unspecified atom stereocenters. The minimum Gasteiger partial charge on any atom is -0.311 e. The first kappa shape index (κ1) is 10.2. The summed E-state index contributed by atoms with van der Waals surface area (Å²) in [5, 5.41) is 8.74. The van der Waals surface area contributed by atoms with Gasteiger partial charge in [-0.1, -0.05) is 0 Å². The van der Waals surface area contributed by atoms with Gasteiger partial charge in [0, 0.05) is 13.1 Å². The van der Waals surface area contributed by atoms with Gasteiger partial charge in [-0.3, -0.25) is 9.80 Å². The summed E-state index contributed by atoms with van der Waals surface area (Å²) in [5.41, 5.74) is 0. The summed E-state index contributed by atoms with van der Waals surface area (Å²) >= 11 is 0. The molecule has 3 rings (SSSR count). The Morgan fingerprint density at radius 2 is 2.00 bits per heavy atom. The maximum absolute atomic E-state index is 4.41. The summed E-state index contributed by atoms with van der Waals surface area (Å²) in [6.45, 7) is 4.27. The zero-order valence-corrected chi connectivity index (χ0v) is 10.1. The van der Waals surface area contributed by atoms with Gasteiger partial charge in [-0.05, 0) is 33.5 Å². The fraction of sp³-hybridized carbons (Fsp3) is 0.818. The number of fused-ring (bicyclic) bond motifs is 1. The van der Waals surface area contributed by atoms with Crippen molar-refractivity contribution < 1.29 is 0 Å². The van der Waals surface area contributed by atoms with Crippen molar-refractivity contribution >= 4 is 0 Å². The fourth-order valence-electron chi connectivity index (χ4n) is 2.78. The lowest BCUT2D eigenvalue weighted by molar-refractivity contribution is 0.247. The van der Waals surface area contributed by atoms with E-state index in [0.29, 0.717) is 6.04 Å². The van der Waals surface area contributed by atoms with E-state index in [1.807, 2.05) is 0 Å². The highest BCUT2D eigenvalue weighted by Crippen LogP contribution is 2.30. The van der Waals surface area contributed by atoms with Crippen LogP contribution in [0.4, 0.5) is 0 Å². The predicted molar refractivity (Wildman–Crippen MR) is 61.0 cm³/mol. The number of aromatic nitrogens is 3. The number of hydrogen-bond acceptors (Lipinski definition) is 4. The molecule has 16 heavy (non-hydrogen) atoms. The topological polar surface area (TPSA) is 37.2 Å². The monoisotopic (exact) mass is 221 g/mol. The van der Waals surface area contributed by atoms with Crippen LogP contribution >= 0.6 is 0 Å². The molecule has 0 aromatic carbocycles. The molecule has 0 bridgehead atoms. The Hall–Kier alpha value is -0.940. The van der Waals surface area contributed by atoms with Gasteiger partial charge in [0.1, 0.15) is 11.6 Å². The zero-order valence-electron chi connectivity index (χ0n) is 10.1. The van der Waals surface area contributed by atoms with Crippen LogP contribution < -0.4 is 0 Å². The Bertz CT molecular complexity index is 386. The van der Waals surface area contributed by atoms with Crippen molar-refractivity contribution in [2.75, 3.05) is 27.2 Å². The van der Waals surface area contributed by atoms with Crippen molar-refractivity contribution in [2.24, 2.45) is 0 Å². The van der Waals surface area contributed by atoms with E-state index in [9.17, 15) is 0 Å². The average molecular weight is 221 g/mol. The zero-order chi connectivity index (χ0) is 11.1. The summed E-state index contributed by atoms with van der Waals surface area (Å²) in [4.78, 5) is 4.70. The minimum absolute atomic E-state index is 0.490. The first-order valence-electron chi connectivity index (χ1n) is 6.06. The highest BCUT2D eigenvalue weighted by Gasteiger charge is 2.29. The number of nitrogens with zero attached hydrogens (tertiary/aromatic N) is 5. The Morgan fingerprint density at radius 3 is 2.75 bits per heavy atom. The van der Waals surface area contributed by atoms with Crippen LogP contribution in [0.3, 0.4) is 0 Å². The first-order chi connectivity index (χ1) is 7.75. The van der Waals surface area contributed by atoms with Gasteiger partial charge in [0.05, 0.1) is 12.6 Å². The highest BCUT2D eigenvalue weighted by atomic mass is 15.4. The van der Waals surface area contributed by atoms with Crippen LogP contribution in [0, 0.1) is 0 Å². The van der Waals surface area contributed by atoms with Gasteiger partial charge in [0.2, 0.25) is 0 Å². The molecule has 0 N–H and O–H groups in total. The molecule has 0 amide bonds. The molecule has 1 aromatic rings. The normalized spacial score (nSPS) is 27.2. The molecule has 0 saturated carbocycles. The van der Waals surface area contributed by atoms with Crippen LogP contribution in [0.1, 0.15) is 30.5 Å². The van der Waals surface area contributed by atoms with Crippen molar-refractivity contribution in [1.29, 1.82) is 0 Å². The average Bonchev–Trinajstić information content (AvgIpc) is 2.83. The SMILES string of the molecule is CN1CCn2c(nnc2C2CCCN2C)C1. The van der Waals surface area contributed by atoms with Gasteiger partial charge in [-0.25, -0.2) is 0 Å². The van der Waals surface area contributed by atoms with Crippen molar-refractivity contribution in [3.63, 3.8) is 0 Å². The molecule has 0 aliphatic carbocycles. The molecule has 0 radical (unpaired) electrons. The molecule has 0 spiro atoms. The van der Waals surface area contributed by atoms with Crippen LogP contribution in [0.5, 0.6) is 0 Å². The third-order valence-electron chi connectivity index (χ3n) is 3.79.